The second-order valence-electron chi connectivity index (χ2n) is 3.43. The molecule has 0 aliphatic heterocycles. The predicted octanol–water partition coefficient (Wildman–Crippen LogP) is 1.84. The first-order valence-corrected chi connectivity index (χ1v) is 5.36. The summed E-state index contributed by atoms with van der Waals surface area (Å²) in [7, 11) is 0. The molecule has 5 nitrogen and oxygen atoms in total. The average Bonchev–Trinajstić information content (AvgIpc) is 2.27. The first kappa shape index (κ1) is 12.4. The molecule has 0 spiro atoms. The smallest absolute Gasteiger partial charge is 0.312 e. The number of hydrogen-bond donors (Lipinski definition) is 1. The highest BCUT2D eigenvalue weighted by molar-refractivity contribution is 5.75. The predicted molar refractivity (Wildman–Crippen MR) is 58.5 cm³/mol. The third-order valence-electron chi connectivity index (χ3n) is 2.18. The maximum Gasteiger partial charge on any atom is 0.312 e. The lowest BCUT2D eigenvalue weighted by atomic mass is 10.0. The summed E-state index contributed by atoms with van der Waals surface area (Å²) in [5.74, 6) is -1.03. The van der Waals surface area contributed by atoms with E-state index in [1.807, 2.05) is 13.8 Å². The van der Waals surface area contributed by atoms with Crippen molar-refractivity contribution in [2.24, 2.45) is 0 Å². The lowest BCUT2D eigenvalue weighted by molar-refractivity contribution is -0.138. The van der Waals surface area contributed by atoms with Gasteiger partial charge >= 0.3 is 5.97 Å². The number of ether oxygens (including phenoxy) is 1. The zero-order valence-corrected chi connectivity index (χ0v) is 9.51. The molecule has 1 atom stereocenters. The van der Waals surface area contributed by atoms with Gasteiger partial charge in [-0.2, -0.15) is 0 Å². The van der Waals surface area contributed by atoms with Crippen LogP contribution in [0.3, 0.4) is 0 Å². The molecular weight excluding hydrogens is 208 g/mol. The van der Waals surface area contributed by atoms with Gasteiger partial charge in [0, 0.05) is 6.07 Å². The minimum atomic E-state index is -0.873. The summed E-state index contributed by atoms with van der Waals surface area (Å²) in [6.45, 7) is 4.38. The molecule has 1 N–H and O–H groups in total. The molecule has 0 saturated heterocycles. The fourth-order valence-electron chi connectivity index (χ4n) is 1.34. The fraction of sp³-hybridized carbons (Fsp3) is 0.545. The Bertz CT molecular complexity index is 355. The molecule has 5 heteroatoms. The zero-order chi connectivity index (χ0) is 12.0. The van der Waals surface area contributed by atoms with E-state index in [0.29, 0.717) is 24.6 Å². The van der Waals surface area contributed by atoms with E-state index in [4.69, 9.17) is 9.84 Å². The summed E-state index contributed by atoms with van der Waals surface area (Å²) in [4.78, 5) is 18.8. The molecule has 0 amide bonds. The third kappa shape index (κ3) is 3.18. The van der Waals surface area contributed by atoms with Crippen LogP contribution in [0.15, 0.2) is 12.4 Å². The number of aromatic nitrogens is 2. The number of rotatable bonds is 6. The second-order valence-corrected chi connectivity index (χ2v) is 3.43. The van der Waals surface area contributed by atoms with Crippen molar-refractivity contribution in [2.75, 3.05) is 6.61 Å². The van der Waals surface area contributed by atoms with Crippen molar-refractivity contribution < 1.29 is 14.6 Å². The topological polar surface area (TPSA) is 72.3 Å². The van der Waals surface area contributed by atoms with Crippen molar-refractivity contribution in [1.29, 1.82) is 0 Å². The average molecular weight is 224 g/mol. The van der Waals surface area contributed by atoms with Gasteiger partial charge in [0.15, 0.2) is 0 Å². The summed E-state index contributed by atoms with van der Waals surface area (Å²) in [6, 6.07) is 1.60. The Morgan fingerprint density at radius 2 is 2.25 bits per heavy atom. The van der Waals surface area contributed by atoms with E-state index in [1.54, 1.807) is 6.07 Å². The van der Waals surface area contributed by atoms with Crippen LogP contribution in [0.25, 0.3) is 0 Å². The second kappa shape index (κ2) is 6.05. The molecule has 16 heavy (non-hydrogen) atoms. The molecule has 88 valence electrons. The summed E-state index contributed by atoms with van der Waals surface area (Å²) in [5.41, 5.74) is 0.496. The largest absolute Gasteiger partial charge is 0.481 e. The van der Waals surface area contributed by atoms with Gasteiger partial charge in [-0.3, -0.25) is 4.79 Å². The van der Waals surface area contributed by atoms with Crippen LogP contribution in [0.4, 0.5) is 0 Å². The van der Waals surface area contributed by atoms with Crippen molar-refractivity contribution in [3.63, 3.8) is 0 Å². The Morgan fingerprint density at radius 1 is 1.50 bits per heavy atom. The van der Waals surface area contributed by atoms with Crippen LogP contribution >= 0.6 is 0 Å². The molecular formula is C11H16N2O3. The van der Waals surface area contributed by atoms with E-state index in [2.05, 4.69) is 9.97 Å². The van der Waals surface area contributed by atoms with E-state index in [9.17, 15) is 4.79 Å². The van der Waals surface area contributed by atoms with Crippen molar-refractivity contribution in [3.05, 3.63) is 18.1 Å². The van der Waals surface area contributed by atoms with Crippen LogP contribution in [0.2, 0.25) is 0 Å². The number of carboxylic acid groups (broad SMARTS) is 1. The van der Waals surface area contributed by atoms with E-state index < -0.39 is 11.9 Å². The quantitative estimate of drug-likeness (QED) is 0.798. The van der Waals surface area contributed by atoms with E-state index in [-0.39, 0.29) is 0 Å². The lowest BCUT2D eigenvalue weighted by Crippen LogP contribution is -2.12. The minimum absolute atomic E-state index is 0.437. The van der Waals surface area contributed by atoms with E-state index in [0.717, 1.165) is 6.42 Å². The number of carboxylic acids is 1. The van der Waals surface area contributed by atoms with Gasteiger partial charge in [0.2, 0.25) is 5.88 Å². The van der Waals surface area contributed by atoms with Crippen LogP contribution in [-0.4, -0.2) is 27.7 Å². The van der Waals surface area contributed by atoms with Crippen LogP contribution in [0.1, 0.15) is 38.3 Å². The maximum atomic E-state index is 11.0. The summed E-state index contributed by atoms with van der Waals surface area (Å²) < 4.78 is 5.33. The highest BCUT2D eigenvalue weighted by Gasteiger charge is 2.19. The Balaban J connectivity index is 2.83. The number of nitrogens with zero attached hydrogens (tertiary/aromatic N) is 2. The fourth-order valence-corrected chi connectivity index (χ4v) is 1.34. The Morgan fingerprint density at radius 3 is 2.81 bits per heavy atom. The number of aliphatic carboxylic acids is 1. The van der Waals surface area contributed by atoms with Crippen molar-refractivity contribution >= 4 is 5.97 Å². The van der Waals surface area contributed by atoms with Crippen LogP contribution < -0.4 is 4.74 Å². The van der Waals surface area contributed by atoms with Crippen molar-refractivity contribution in [3.8, 4) is 5.88 Å². The third-order valence-corrected chi connectivity index (χ3v) is 2.18. The van der Waals surface area contributed by atoms with Gasteiger partial charge in [-0.1, -0.05) is 13.8 Å². The summed E-state index contributed by atoms with van der Waals surface area (Å²) in [5, 5.41) is 8.99. The van der Waals surface area contributed by atoms with Gasteiger partial charge in [0.05, 0.1) is 18.2 Å². The molecule has 1 unspecified atom stereocenters. The summed E-state index contributed by atoms with van der Waals surface area (Å²) >= 11 is 0. The first-order chi connectivity index (χ1) is 7.69. The molecule has 1 heterocycles. The summed E-state index contributed by atoms with van der Waals surface area (Å²) in [6.07, 6.45) is 2.72. The normalized spacial score (nSPS) is 12.1. The number of hydrogen-bond acceptors (Lipinski definition) is 4. The molecule has 0 saturated carbocycles. The first-order valence-electron chi connectivity index (χ1n) is 5.36. The van der Waals surface area contributed by atoms with Crippen LogP contribution in [0, 0.1) is 0 Å². The molecule has 0 aliphatic rings. The molecule has 0 bridgehead atoms. The van der Waals surface area contributed by atoms with Gasteiger partial charge in [0.25, 0.3) is 0 Å². The Labute approximate surface area is 94.5 Å². The molecule has 0 aromatic carbocycles. The molecule has 1 rings (SSSR count). The van der Waals surface area contributed by atoms with Gasteiger partial charge in [-0.15, -0.1) is 0 Å². The zero-order valence-electron chi connectivity index (χ0n) is 9.51. The Kier molecular flexibility index (Phi) is 4.69. The van der Waals surface area contributed by atoms with Gasteiger partial charge in [-0.05, 0) is 12.8 Å². The molecule has 1 aromatic rings. The SMILES string of the molecule is CCCOc1cc(C(CC)C(=O)O)ncn1. The standard InChI is InChI=1S/C11H16N2O3/c1-3-5-16-10-6-9(12-7-13-10)8(4-2)11(14)15/h6-8H,3-5H2,1-2H3,(H,14,15). The maximum absolute atomic E-state index is 11.0. The number of carbonyl (C=O) groups is 1. The van der Waals surface area contributed by atoms with Gasteiger partial charge in [-0.25, -0.2) is 9.97 Å². The highest BCUT2D eigenvalue weighted by atomic mass is 16.5. The van der Waals surface area contributed by atoms with E-state index >= 15 is 0 Å². The monoisotopic (exact) mass is 224 g/mol. The van der Waals surface area contributed by atoms with Crippen molar-refractivity contribution in [1.82, 2.24) is 9.97 Å². The van der Waals surface area contributed by atoms with Gasteiger partial charge < -0.3 is 9.84 Å². The molecule has 1 aromatic heterocycles. The van der Waals surface area contributed by atoms with Crippen molar-refractivity contribution in [2.45, 2.75) is 32.6 Å². The molecule has 0 radical (unpaired) electrons. The van der Waals surface area contributed by atoms with Crippen LogP contribution in [0.5, 0.6) is 5.88 Å². The highest BCUT2D eigenvalue weighted by Crippen LogP contribution is 2.19. The lowest BCUT2D eigenvalue weighted by Gasteiger charge is -2.10. The Hall–Kier alpha value is -1.65. The van der Waals surface area contributed by atoms with E-state index in [1.165, 1.54) is 6.33 Å². The van der Waals surface area contributed by atoms with Crippen LogP contribution in [-0.2, 0) is 4.79 Å². The molecule has 0 fully saturated rings. The molecule has 0 aliphatic carbocycles. The van der Waals surface area contributed by atoms with Gasteiger partial charge in [0.1, 0.15) is 6.33 Å². The minimum Gasteiger partial charge on any atom is -0.481 e.